The first-order valence-electron chi connectivity index (χ1n) is 13.9. The molecule has 0 aromatic heterocycles. The lowest BCUT2D eigenvalue weighted by molar-refractivity contribution is -0.156. The zero-order valence-electron chi connectivity index (χ0n) is 24.0. The number of aliphatic hydroxyl groups is 1. The summed E-state index contributed by atoms with van der Waals surface area (Å²) in [5.41, 5.74) is -0.402. The molecular weight excluding hydrogens is 486 g/mol. The van der Waals surface area contributed by atoms with Crippen molar-refractivity contribution in [2.75, 3.05) is 19.7 Å². The average molecular weight is 534 g/mol. The van der Waals surface area contributed by atoms with Crippen molar-refractivity contribution in [3.8, 4) is 0 Å². The van der Waals surface area contributed by atoms with Gasteiger partial charge in [-0.15, -0.1) is 0 Å². The molecule has 1 fully saturated rings. The van der Waals surface area contributed by atoms with Crippen LogP contribution in [0.4, 0.5) is 4.79 Å². The molecule has 1 amide bonds. The number of carbonyl (C=O) groups excluding carboxylic acids is 3. The van der Waals surface area contributed by atoms with E-state index in [2.05, 4.69) is 0 Å². The van der Waals surface area contributed by atoms with E-state index in [9.17, 15) is 19.5 Å². The maximum absolute atomic E-state index is 12.7. The molecule has 1 N–H and O–H groups in total. The fraction of sp³-hybridized carbons (Fsp3) is 0.700. The first-order valence-corrected chi connectivity index (χ1v) is 13.9. The smallest absolute Gasteiger partial charge is 0.409 e. The Kier molecular flexibility index (Phi) is 12.6. The Morgan fingerprint density at radius 3 is 2.55 bits per heavy atom. The molecule has 8 heteroatoms. The van der Waals surface area contributed by atoms with Crippen molar-refractivity contribution in [2.45, 2.75) is 97.9 Å². The predicted molar refractivity (Wildman–Crippen MR) is 146 cm³/mol. The molecular formula is C30H47NO7. The Labute approximate surface area is 228 Å². The Morgan fingerprint density at radius 1 is 1.21 bits per heavy atom. The summed E-state index contributed by atoms with van der Waals surface area (Å²) in [6, 6.07) is 0. The minimum Gasteiger partial charge on any atom is -0.457 e. The third-order valence-corrected chi connectivity index (χ3v) is 7.22. The lowest BCUT2D eigenvalue weighted by Gasteiger charge is -2.32. The van der Waals surface area contributed by atoms with E-state index in [0.717, 1.165) is 37.9 Å². The monoisotopic (exact) mass is 533 g/mol. The number of hydrogen-bond acceptors (Lipinski definition) is 7. The van der Waals surface area contributed by atoms with Gasteiger partial charge in [-0.3, -0.25) is 9.59 Å². The van der Waals surface area contributed by atoms with Crippen molar-refractivity contribution in [3.05, 3.63) is 36.0 Å². The van der Waals surface area contributed by atoms with Crippen molar-refractivity contribution < 1.29 is 33.7 Å². The third-order valence-electron chi connectivity index (χ3n) is 7.22. The average Bonchev–Trinajstić information content (AvgIpc) is 2.86. The highest BCUT2D eigenvalue weighted by molar-refractivity contribution is 5.70. The van der Waals surface area contributed by atoms with E-state index in [1.165, 1.54) is 6.92 Å². The fourth-order valence-electron chi connectivity index (χ4n) is 4.72. The van der Waals surface area contributed by atoms with Crippen LogP contribution in [-0.2, 0) is 23.8 Å². The second-order valence-corrected chi connectivity index (χ2v) is 11.3. The molecule has 6 atom stereocenters. The van der Waals surface area contributed by atoms with Gasteiger partial charge in [-0.1, -0.05) is 45.1 Å². The van der Waals surface area contributed by atoms with Gasteiger partial charge in [-0.2, -0.15) is 0 Å². The van der Waals surface area contributed by atoms with Crippen LogP contribution in [0, 0.1) is 17.8 Å². The topological polar surface area (TPSA) is 102 Å². The Morgan fingerprint density at radius 2 is 1.89 bits per heavy atom. The summed E-state index contributed by atoms with van der Waals surface area (Å²) in [4.78, 5) is 38.4. The highest BCUT2D eigenvalue weighted by Crippen LogP contribution is 2.28. The van der Waals surface area contributed by atoms with Gasteiger partial charge in [0.1, 0.15) is 17.8 Å². The minimum atomic E-state index is -1.25. The molecule has 214 valence electrons. The summed E-state index contributed by atoms with van der Waals surface area (Å²) in [6.45, 7) is 12.6. The number of hydrogen-bond donors (Lipinski definition) is 1. The Bertz CT molecular complexity index is 885. The normalized spacial score (nSPS) is 31.5. The van der Waals surface area contributed by atoms with Crippen LogP contribution in [0.25, 0.3) is 0 Å². The van der Waals surface area contributed by atoms with Crippen LogP contribution in [0.5, 0.6) is 0 Å². The largest absolute Gasteiger partial charge is 0.457 e. The number of esters is 2. The molecule has 2 aliphatic rings. The molecule has 0 aromatic carbocycles. The van der Waals surface area contributed by atoms with Gasteiger partial charge in [-0.25, -0.2) is 4.79 Å². The number of rotatable bonds is 6. The SMILES string of the molecule is CC(=O)O[C@H]1/C=C/[C@H](C)[C@@H](/C(C)=C/C=C/[C@@H](C)COC(=O)N2CCCCC2)OC(=O)C[C@H](C)CC[C@@]1(C)O. The first kappa shape index (κ1) is 31.6. The number of allylic oxidation sites excluding steroid dienone is 2. The number of amides is 1. The van der Waals surface area contributed by atoms with Crippen LogP contribution < -0.4 is 0 Å². The van der Waals surface area contributed by atoms with Gasteiger partial charge in [0, 0.05) is 38.3 Å². The van der Waals surface area contributed by atoms with E-state index in [4.69, 9.17) is 14.2 Å². The molecule has 2 heterocycles. The van der Waals surface area contributed by atoms with Crippen LogP contribution in [0.15, 0.2) is 36.0 Å². The van der Waals surface area contributed by atoms with Crippen molar-refractivity contribution in [1.29, 1.82) is 0 Å². The van der Waals surface area contributed by atoms with Crippen molar-refractivity contribution in [3.63, 3.8) is 0 Å². The number of ether oxygens (including phenoxy) is 3. The number of piperidine rings is 1. The molecule has 1 saturated heterocycles. The molecule has 0 saturated carbocycles. The molecule has 0 unspecified atom stereocenters. The molecule has 0 radical (unpaired) electrons. The highest BCUT2D eigenvalue weighted by atomic mass is 16.6. The number of carbonyl (C=O) groups is 3. The van der Waals surface area contributed by atoms with Gasteiger partial charge in [-0.05, 0) is 63.5 Å². The first-order chi connectivity index (χ1) is 17.9. The molecule has 0 spiro atoms. The lowest BCUT2D eigenvalue weighted by atomic mass is 9.87. The number of nitrogens with zero attached hydrogens (tertiary/aromatic N) is 1. The van der Waals surface area contributed by atoms with E-state index in [0.29, 0.717) is 19.4 Å². The maximum Gasteiger partial charge on any atom is 0.409 e. The standard InChI is InChI=1S/C30H47NO7/c1-21-15-16-30(6,35)26(37-25(5)32)14-13-24(4)28(38-27(33)19-21)23(3)12-10-11-22(2)20-36-29(34)31-17-8-7-9-18-31/h10-14,21-22,24,26,28,35H,7-9,15-20H2,1-6H3/b11-10+,14-13+,23-12+/t21-,22-,24+,26+,28-,30-/m1/s1. The lowest BCUT2D eigenvalue weighted by Crippen LogP contribution is -2.41. The number of likely N-dealkylation sites (tertiary alicyclic amines) is 1. The Balaban J connectivity index is 2.10. The summed E-state index contributed by atoms with van der Waals surface area (Å²) in [5.74, 6) is -0.947. The van der Waals surface area contributed by atoms with E-state index >= 15 is 0 Å². The molecule has 0 aromatic rings. The summed E-state index contributed by atoms with van der Waals surface area (Å²) in [7, 11) is 0. The minimum absolute atomic E-state index is 0.00370. The second-order valence-electron chi connectivity index (χ2n) is 11.3. The molecule has 0 bridgehead atoms. The van der Waals surface area contributed by atoms with Crippen molar-refractivity contribution in [1.82, 2.24) is 4.90 Å². The third kappa shape index (κ3) is 10.6. The van der Waals surface area contributed by atoms with Crippen molar-refractivity contribution in [2.24, 2.45) is 17.8 Å². The van der Waals surface area contributed by atoms with Crippen LogP contribution in [0.3, 0.4) is 0 Å². The Hall–Kier alpha value is -2.61. The van der Waals surface area contributed by atoms with Crippen molar-refractivity contribution >= 4 is 18.0 Å². The second kappa shape index (κ2) is 15.1. The van der Waals surface area contributed by atoms with Gasteiger partial charge >= 0.3 is 18.0 Å². The molecule has 38 heavy (non-hydrogen) atoms. The number of cyclic esters (lactones) is 1. The summed E-state index contributed by atoms with van der Waals surface area (Å²) in [5, 5.41) is 11.0. The van der Waals surface area contributed by atoms with Gasteiger partial charge < -0.3 is 24.2 Å². The summed E-state index contributed by atoms with van der Waals surface area (Å²) < 4.78 is 16.8. The van der Waals surface area contributed by atoms with Crippen LogP contribution >= 0.6 is 0 Å². The molecule has 8 nitrogen and oxygen atoms in total. The van der Waals surface area contributed by atoms with E-state index < -0.39 is 23.8 Å². The molecule has 0 aliphatic carbocycles. The van der Waals surface area contributed by atoms with Gasteiger partial charge in [0.25, 0.3) is 0 Å². The van der Waals surface area contributed by atoms with E-state index in [1.54, 1.807) is 17.9 Å². The highest BCUT2D eigenvalue weighted by Gasteiger charge is 2.34. The fourth-order valence-corrected chi connectivity index (χ4v) is 4.72. The zero-order valence-corrected chi connectivity index (χ0v) is 24.0. The quantitative estimate of drug-likeness (QED) is 0.212. The maximum atomic E-state index is 12.7. The van der Waals surface area contributed by atoms with Gasteiger partial charge in [0.05, 0.1) is 6.61 Å². The molecule has 2 rings (SSSR count). The van der Waals surface area contributed by atoms with E-state index in [1.807, 2.05) is 52.0 Å². The summed E-state index contributed by atoms with van der Waals surface area (Å²) in [6.07, 6.45) is 12.1. The van der Waals surface area contributed by atoms with Gasteiger partial charge in [0.15, 0.2) is 0 Å². The van der Waals surface area contributed by atoms with Gasteiger partial charge in [0.2, 0.25) is 0 Å². The summed E-state index contributed by atoms with van der Waals surface area (Å²) >= 11 is 0. The van der Waals surface area contributed by atoms with Crippen LogP contribution in [0.2, 0.25) is 0 Å². The molecule has 2 aliphatic heterocycles. The van der Waals surface area contributed by atoms with Crippen LogP contribution in [-0.4, -0.2) is 65.5 Å². The predicted octanol–water partition coefficient (Wildman–Crippen LogP) is 5.35. The van der Waals surface area contributed by atoms with E-state index in [-0.39, 0.29) is 36.2 Å². The zero-order chi connectivity index (χ0) is 28.3. The van der Waals surface area contributed by atoms with Crippen LogP contribution in [0.1, 0.15) is 80.1 Å².